The number of piperazine rings is 1. The summed E-state index contributed by atoms with van der Waals surface area (Å²) in [5.74, 6) is 0.958. The predicted molar refractivity (Wildman–Crippen MR) is 107 cm³/mol. The maximum atomic E-state index is 13.1. The first-order chi connectivity index (χ1) is 13.3. The van der Waals surface area contributed by atoms with Crippen LogP contribution in [0.1, 0.15) is 10.4 Å². The summed E-state index contributed by atoms with van der Waals surface area (Å²) >= 11 is 1.84. The number of amides is 1. The number of nitrogens with zero attached hydrogens (tertiary/aromatic N) is 4. The van der Waals surface area contributed by atoms with E-state index in [1.165, 1.54) is 20.5 Å². The maximum Gasteiger partial charge on any atom is 0.240 e. The average Bonchev–Trinajstić information content (AvgIpc) is 3.12. The molecule has 0 aliphatic carbocycles. The summed E-state index contributed by atoms with van der Waals surface area (Å²) in [5.41, 5.74) is 1.35. The van der Waals surface area contributed by atoms with Gasteiger partial charge in [0.05, 0.1) is 6.04 Å². The Morgan fingerprint density at radius 2 is 1.85 bits per heavy atom. The van der Waals surface area contributed by atoms with Gasteiger partial charge < -0.3 is 15.1 Å². The molecule has 1 amide bonds. The second-order valence-corrected chi connectivity index (χ2v) is 8.14. The van der Waals surface area contributed by atoms with Gasteiger partial charge in [0.1, 0.15) is 0 Å². The van der Waals surface area contributed by atoms with E-state index in [9.17, 15) is 4.79 Å². The van der Waals surface area contributed by atoms with Crippen molar-refractivity contribution >= 4 is 33.3 Å². The van der Waals surface area contributed by atoms with Gasteiger partial charge in [-0.25, -0.2) is 9.97 Å². The number of carbonyl (C=O) groups excluding carboxylic acids is 1. The third-order valence-corrected chi connectivity index (χ3v) is 6.64. The topological polar surface area (TPSA) is 61.4 Å². The second-order valence-electron chi connectivity index (χ2n) is 7.00. The number of nitrogens with one attached hydrogen (secondary N) is 1. The second kappa shape index (κ2) is 6.90. The van der Waals surface area contributed by atoms with Gasteiger partial charge in [-0.05, 0) is 29.5 Å². The normalized spacial score (nSPS) is 19.9. The minimum absolute atomic E-state index is 0.130. The summed E-state index contributed by atoms with van der Waals surface area (Å²) in [6, 6.07) is 10.2. The lowest BCUT2D eigenvalue weighted by molar-refractivity contribution is -0.133. The number of aromatic nitrogens is 2. The van der Waals surface area contributed by atoms with Crippen LogP contribution < -0.4 is 10.2 Å². The van der Waals surface area contributed by atoms with Crippen molar-refractivity contribution in [2.45, 2.75) is 19.0 Å². The van der Waals surface area contributed by atoms with Crippen LogP contribution in [0.15, 0.2) is 42.7 Å². The van der Waals surface area contributed by atoms with Crippen LogP contribution in [-0.2, 0) is 17.8 Å². The molecule has 138 valence electrons. The molecule has 4 heterocycles. The Hall–Kier alpha value is -2.51. The van der Waals surface area contributed by atoms with Gasteiger partial charge in [0.25, 0.3) is 0 Å². The Bertz CT molecular complexity index is 965. The molecule has 1 fully saturated rings. The molecule has 5 rings (SSSR count). The van der Waals surface area contributed by atoms with Crippen LogP contribution in [0.4, 0.5) is 5.95 Å². The minimum Gasteiger partial charge on any atom is -0.338 e. The minimum atomic E-state index is -0.130. The number of carbonyl (C=O) groups is 1. The van der Waals surface area contributed by atoms with Crippen LogP contribution in [0.3, 0.4) is 0 Å². The van der Waals surface area contributed by atoms with Gasteiger partial charge in [0.15, 0.2) is 0 Å². The fourth-order valence-electron chi connectivity index (χ4n) is 3.98. The first-order valence-electron chi connectivity index (χ1n) is 9.33. The molecule has 0 saturated carbocycles. The molecule has 3 aromatic rings. The summed E-state index contributed by atoms with van der Waals surface area (Å²) in [4.78, 5) is 27.2. The van der Waals surface area contributed by atoms with Gasteiger partial charge in [-0.2, -0.15) is 0 Å². The molecule has 1 atom stereocenters. The molecule has 7 heteroatoms. The Kier molecular flexibility index (Phi) is 4.26. The molecule has 1 aromatic carbocycles. The van der Waals surface area contributed by atoms with Crippen LogP contribution >= 0.6 is 11.3 Å². The molecule has 0 radical (unpaired) electrons. The summed E-state index contributed by atoms with van der Waals surface area (Å²) < 4.78 is 1.31. The molecular formula is C20H21N5OS. The van der Waals surface area contributed by atoms with E-state index in [0.717, 1.165) is 32.0 Å². The number of fused-ring (bicyclic) bond motifs is 3. The highest BCUT2D eigenvalue weighted by Gasteiger charge is 2.32. The smallest absolute Gasteiger partial charge is 0.240 e. The van der Waals surface area contributed by atoms with Crippen LogP contribution in [0.2, 0.25) is 0 Å². The number of hydrogen-bond acceptors (Lipinski definition) is 6. The summed E-state index contributed by atoms with van der Waals surface area (Å²) in [7, 11) is 0. The molecule has 2 aliphatic heterocycles. The van der Waals surface area contributed by atoms with Crippen molar-refractivity contribution in [2.75, 3.05) is 31.1 Å². The van der Waals surface area contributed by atoms with E-state index in [1.807, 2.05) is 22.3 Å². The Labute approximate surface area is 161 Å². The van der Waals surface area contributed by atoms with Crippen molar-refractivity contribution in [2.24, 2.45) is 0 Å². The molecule has 0 bridgehead atoms. The molecule has 27 heavy (non-hydrogen) atoms. The van der Waals surface area contributed by atoms with Gasteiger partial charge >= 0.3 is 0 Å². The lowest BCUT2D eigenvalue weighted by Gasteiger charge is -2.37. The van der Waals surface area contributed by atoms with E-state index in [-0.39, 0.29) is 11.9 Å². The zero-order chi connectivity index (χ0) is 18.2. The summed E-state index contributed by atoms with van der Waals surface area (Å²) in [6.07, 6.45) is 4.29. The SMILES string of the molecule is O=C([C@H]1Cc2c(sc3ccccc23)CN1)N1CCN(c2ncccn2)CC1. The third-order valence-electron chi connectivity index (χ3n) is 5.42. The van der Waals surface area contributed by atoms with Gasteiger partial charge in [0, 0.05) is 54.7 Å². The largest absolute Gasteiger partial charge is 0.338 e. The zero-order valence-corrected chi connectivity index (χ0v) is 15.8. The van der Waals surface area contributed by atoms with E-state index in [4.69, 9.17) is 0 Å². The van der Waals surface area contributed by atoms with Gasteiger partial charge in [0.2, 0.25) is 11.9 Å². The van der Waals surface area contributed by atoms with Gasteiger partial charge in [-0.15, -0.1) is 11.3 Å². The standard InChI is InChI=1S/C20H21N5OS/c26-19(24-8-10-25(11-9-24)20-21-6-3-7-22-20)16-12-15-14-4-1-2-5-17(14)27-18(15)13-23-16/h1-7,16,23H,8-13H2/t16-/m1/s1. The first kappa shape index (κ1) is 16.6. The third kappa shape index (κ3) is 3.07. The molecular weight excluding hydrogens is 358 g/mol. The van der Waals surface area contributed by atoms with Crippen molar-refractivity contribution in [1.29, 1.82) is 0 Å². The van der Waals surface area contributed by atoms with Crippen LogP contribution in [-0.4, -0.2) is 53.0 Å². The lowest BCUT2D eigenvalue weighted by Crippen LogP contribution is -2.55. The number of anilines is 1. The molecule has 6 nitrogen and oxygen atoms in total. The molecule has 0 unspecified atom stereocenters. The Morgan fingerprint density at radius 3 is 2.67 bits per heavy atom. The Balaban J connectivity index is 1.27. The highest BCUT2D eigenvalue weighted by atomic mass is 32.1. The average molecular weight is 379 g/mol. The predicted octanol–water partition coefficient (Wildman–Crippen LogP) is 2.05. The van der Waals surface area contributed by atoms with Crippen molar-refractivity contribution in [3.8, 4) is 0 Å². The summed E-state index contributed by atoms with van der Waals surface area (Å²) in [6.45, 7) is 3.76. The van der Waals surface area contributed by atoms with Crippen LogP contribution in [0.25, 0.3) is 10.1 Å². The Morgan fingerprint density at radius 1 is 1.07 bits per heavy atom. The van der Waals surface area contributed by atoms with E-state index in [1.54, 1.807) is 12.4 Å². The van der Waals surface area contributed by atoms with E-state index < -0.39 is 0 Å². The van der Waals surface area contributed by atoms with Crippen molar-refractivity contribution in [1.82, 2.24) is 20.2 Å². The van der Waals surface area contributed by atoms with Crippen molar-refractivity contribution < 1.29 is 4.79 Å². The number of rotatable bonds is 2. The van der Waals surface area contributed by atoms with Gasteiger partial charge in [-0.1, -0.05) is 18.2 Å². The molecule has 0 spiro atoms. The highest BCUT2D eigenvalue weighted by Crippen LogP contribution is 2.34. The number of benzene rings is 1. The molecule has 1 saturated heterocycles. The monoisotopic (exact) mass is 379 g/mol. The highest BCUT2D eigenvalue weighted by molar-refractivity contribution is 7.19. The molecule has 2 aromatic heterocycles. The van der Waals surface area contributed by atoms with Crippen LogP contribution in [0, 0.1) is 0 Å². The van der Waals surface area contributed by atoms with Crippen molar-refractivity contribution in [3.63, 3.8) is 0 Å². The fourth-order valence-corrected chi connectivity index (χ4v) is 5.17. The van der Waals surface area contributed by atoms with E-state index >= 15 is 0 Å². The lowest BCUT2D eigenvalue weighted by atomic mass is 9.98. The number of thiophene rings is 1. The summed E-state index contributed by atoms with van der Waals surface area (Å²) in [5, 5.41) is 4.77. The fraction of sp³-hybridized carbons (Fsp3) is 0.350. The molecule has 1 N–H and O–H groups in total. The first-order valence-corrected chi connectivity index (χ1v) is 10.1. The van der Waals surface area contributed by atoms with Crippen molar-refractivity contribution in [3.05, 3.63) is 53.2 Å². The van der Waals surface area contributed by atoms with Crippen LogP contribution in [0.5, 0.6) is 0 Å². The zero-order valence-electron chi connectivity index (χ0n) is 15.0. The number of hydrogen-bond donors (Lipinski definition) is 1. The van der Waals surface area contributed by atoms with Gasteiger partial charge in [-0.3, -0.25) is 4.79 Å². The maximum absolute atomic E-state index is 13.1. The van der Waals surface area contributed by atoms with E-state index in [0.29, 0.717) is 13.1 Å². The van der Waals surface area contributed by atoms with E-state index in [2.05, 4.69) is 44.5 Å². The molecule has 2 aliphatic rings. The quantitative estimate of drug-likeness (QED) is 0.739.